The van der Waals surface area contributed by atoms with Crippen LogP contribution in [-0.4, -0.2) is 56.4 Å². The summed E-state index contributed by atoms with van der Waals surface area (Å²) in [6, 6.07) is 5.45. The van der Waals surface area contributed by atoms with Crippen LogP contribution in [0, 0.1) is 5.41 Å². The third kappa shape index (κ3) is 5.16. The molecule has 34 heavy (non-hydrogen) atoms. The Morgan fingerprint density at radius 2 is 2.09 bits per heavy atom. The van der Waals surface area contributed by atoms with E-state index in [1.165, 1.54) is 24.3 Å². The lowest BCUT2D eigenvalue weighted by Gasteiger charge is -2.36. The van der Waals surface area contributed by atoms with Crippen molar-refractivity contribution < 1.29 is 27.5 Å². The average Bonchev–Trinajstić information content (AvgIpc) is 3.10. The molecule has 2 aromatic rings. The number of hydrogen-bond acceptors (Lipinski definition) is 7. The number of aromatic nitrogens is 2. The zero-order valence-corrected chi connectivity index (χ0v) is 20.0. The van der Waals surface area contributed by atoms with Gasteiger partial charge in [0.25, 0.3) is 5.91 Å². The normalized spacial score (nSPS) is 17.6. The number of carbonyl (C=O) groups is 2. The van der Waals surface area contributed by atoms with E-state index in [-0.39, 0.29) is 28.4 Å². The maximum absolute atomic E-state index is 12.9. The number of sulfonamides is 1. The smallest absolute Gasteiger partial charge is 0.338 e. The van der Waals surface area contributed by atoms with Gasteiger partial charge in [0, 0.05) is 31.9 Å². The van der Waals surface area contributed by atoms with Crippen molar-refractivity contribution in [3.8, 4) is 0 Å². The van der Waals surface area contributed by atoms with Gasteiger partial charge in [0.05, 0.1) is 22.8 Å². The maximum Gasteiger partial charge on any atom is 0.338 e. The van der Waals surface area contributed by atoms with Gasteiger partial charge < -0.3 is 14.8 Å². The standard InChI is InChI=1S/C23H30N4O6S/c1-2-27-20-18(14-23(15-25-21(20)28)8-11-32-12-9-23)19(26-27)7-4-10-33-22(29)16-5-3-6-17(13-16)34(24,30)31/h3,5-6,13H,2,4,7-12,14-15H2,1H3,(H,25,28)(H2,24,30,31). The van der Waals surface area contributed by atoms with Crippen molar-refractivity contribution in [1.82, 2.24) is 15.1 Å². The number of aryl methyl sites for hydroxylation is 2. The van der Waals surface area contributed by atoms with Gasteiger partial charge in [0.1, 0.15) is 5.69 Å². The Bertz CT molecular complexity index is 1180. The molecule has 0 radical (unpaired) electrons. The Labute approximate surface area is 198 Å². The molecule has 1 aromatic heterocycles. The molecule has 1 saturated heterocycles. The number of nitrogens with one attached hydrogen (secondary N) is 1. The molecule has 3 heterocycles. The molecule has 2 aliphatic rings. The summed E-state index contributed by atoms with van der Waals surface area (Å²) in [6.07, 6.45) is 3.61. The number of rotatable bonds is 7. The van der Waals surface area contributed by atoms with Gasteiger partial charge in [-0.3, -0.25) is 9.48 Å². The van der Waals surface area contributed by atoms with Gasteiger partial charge in [-0.15, -0.1) is 0 Å². The second-order valence-corrected chi connectivity index (χ2v) is 10.4. The zero-order chi connectivity index (χ0) is 24.3. The summed E-state index contributed by atoms with van der Waals surface area (Å²) in [4.78, 5) is 25.1. The first kappa shape index (κ1) is 24.4. The van der Waals surface area contributed by atoms with E-state index in [1.807, 2.05) is 6.92 Å². The van der Waals surface area contributed by atoms with Crippen LogP contribution in [0.2, 0.25) is 0 Å². The lowest BCUT2D eigenvalue weighted by molar-refractivity contribution is 0.0160. The van der Waals surface area contributed by atoms with Crippen LogP contribution < -0.4 is 10.5 Å². The maximum atomic E-state index is 12.9. The van der Waals surface area contributed by atoms with E-state index in [9.17, 15) is 18.0 Å². The van der Waals surface area contributed by atoms with E-state index in [1.54, 1.807) is 4.68 Å². The molecule has 3 N–H and O–H groups in total. The average molecular weight is 491 g/mol. The summed E-state index contributed by atoms with van der Waals surface area (Å²) < 4.78 is 35.7. The molecular weight excluding hydrogens is 460 g/mol. The highest BCUT2D eigenvalue weighted by molar-refractivity contribution is 7.89. The highest BCUT2D eigenvalue weighted by Crippen LogP contribution is 2.37. The van der Waals surface area contributed by atoms with E-state index in [0.717, 1.165) is 30.5 Å². The van der Waals surface area contributed by atoms with Crippen LogP contribution in [0.5, 0.6) is 0 Å². The van der Waals surface area contributed by atoms with Crippen molar-refractivity contribution in [1.29, 1.82) is 0 Å². The van der Waals surface area contributed by atoms with Crippen LogP contribution in [-0.2, 0) is 38.9 Å². The van der Waals surface area contributed by atoms with Crippen LogP contribution in [0.1, 0.15) is 58.3 Å². The fourth-order valence-electron chi connectivity index (χ4n) is 4.65. The number of benzene rings is 1. The van der Waals surface area contributed by atoms with E-state index >= 15 is 0 Å². The number of amides is 1. The largest absolute Gasteiger partial charge is 0.462 e. The first-order chi connectivity index (χ1) is 16.2. The molecule has 0 unspecified atom stereocenters. The van der Waals surface area contributed by atoms with Crippen molar-refractivity contribution in [3.63, 3.8) is 0 Å². The lowest BCUT2D eigenvalue weighted by atomic mass is 9.75. The molecule has 0 atom stereocenters. The minimum atomic E-state index is -3.91. The number of nitrogens with zero attached hydrogens (tertiary/aromatic N) is 2. The summed E-state index contributed by atoms with van der Waals surface area (Å²) >= 11 is 0. The van der Waals surface area contributed by atoms with Gasteiger partial charge in [-0.05, 0) is 62.6 Å². The molecule has 2 aliphatic heterocycles. The molecule has 1 aromatic carbocycles. The molecule has 4 rings (SSSR count). The summed E-state index contributed by atoms with van der Waals surface area (Å²) in [5, 5.41) is 12.9. The third-order valence-corrected chi connectivity index (χ3v) is 7.48. The van der Waals surface area contributed by atoms with Crippen LogP contribution in [0.3, 0.4) is 0 Å². The van der Waals surface area contributed by atoms with E-state index in [0.29, 0.717) is 44.8 Å². The zero-order valence-electron chi connectivity index (χ0n) is 19.2. The van der Waals surface area contributed by atoms with Crippen molar-refractivity contribution in [2.75, 3.05) is 26.4 Å². The molecule has 1 amide bonds. The Kier molecular flexibility index (Phi) is 7.06. The Hall–Kier alpha value is -2.76. The molecule has 0 aliphatic carbocycles. The lowest BCUT2D eigenvalue weighted by Crippen LogP contribution is -2.40. The summed E-state index contributed by atoms with van der Waals surface area (Å²) in [5.74, 6) is -0.718. The van der Waals surface area contributed by atoms with Gasteiger partial charge in [-0.25, -0.2) is 18.4 Å². The van der Waals surface area contributed by atoms with Gasteiger partial charge in [0.15, 0.2) is 0 Å². The predicted molar refractivity (Wildman–Crippen MR) is 123 cm³/mol. The van der Waals surface area contributed by atoms with Crippen molar-refractivity contribution >= 4 is 21.9 Å². The monoisotopic (exact) mass is 490 g/mol. The molecule has 0 bridgehead atoms. The molecule has 184 valence electrons. The molecule has 1 spiro atoms. The van der Waals surface area contributed by atoms with Gasteiger partial charge in [-0.1, -0.05) is 6.07 Å². The molecular formula is C23H30N4O6S. The fraction of sp³-hybridized carbons (Fsp3) is 0.522. The number of ether oxygens (including phenoxy) is 2. The number of primary sulfonamides is 1. The van der Waals surface area contributed by atoms with Crippen LogP contribution >= 0.6 is 0 Å². The SMILES string of the molecule is CCn1nc(CCCOC(=O)c2cccc(S(N)(=O)=O)c2)c2c1C(=O)NCC1(CCOCC1)C2. The van der Waals surface area contributed by atoms with Crippen LogP contribution in [0.4, 0.5) is 0 Å². The Balaban J connectivity index is 1.44. The Morgan fingerprint density at radius 1 is 1.32 bits per heavy atom. The number of hydrogen-bond donors (Lipinski definition) is 2. The van der Waals surface area contributed by atoms with Crippen molar-refractivity contribution in [2.45, 2.75) is 50.5 Å². The first-order valence-corrected chi connectivity index (χ1v) is 13.0. The van der Waals surface area contributed by atoms with Gasteiger partial charge >= 0.3 is 5.97 Å². The topological polar surface area (TPSA) is 143 Å². The summed E-state index contributed by atoms with van der Waals surface area (Å²) in [5.41, 5.74) is 2.54. The van der Waals surface area contributed by atoms with E-state index in [4.69, 9.17) is 19.7 Å². The highest BCUT2D eigenvalue weighted by atomic mass is 32.2. The second kappa shape index (κ2) is 9.85. The fourth-order valence-corrected chi connectivity index (χ4v) is 5.21. The highest BCUT2D eigenvalue weighted by Gasteiger charge is 2.39. The quantitative estimate of drug-likeness (QED) is 0.441. The van der Waals surface area contributed by atoms with Crippen molar-refractivity contribution in [2.24, 2.45) is 10.6 Å². The number of fused-ring (bicyclic) bond motifs is 1. The predicted octanol–water partition coefficient (Wildman–Crippen LogP) is 1.42. The van der Waals surface area contributed by atoms with E-state index < -0.39 is 16.0 Å². The summed E-state index contributed by atoms with van der Waals surface area (Å²) in [7, 11) is -3.91. The van der Waals surface area contributed by atoms with Gasteiger partial charge in [0.2, 0.25) is 10.0 Å². The molecule has 11 heteroatoms. The Morgan fingerprint density at radius 3 is 2.79 bits per heavy atom. The third-order valence-electron chi connectivity index (χ3n) is 6.57. The van der Waals surface area contributed by atoms with E-state index in [2.05, 4.69) is 5.32 Å². The van der Waals surface area contributed by atoms with Crippen LogP contribution in [0.25, 0.3) is 0 Å². The summed E-state index contributed by atoms with van der Waals surface area (Å²) in [6.45, 7) is 4.67. The van der Waals surface area contributed by atoms with Crippen LogP contribution in [0.15, 0.2) is 29.2 Å². The second-order valence-electron chi connectivity index (χ2n) is 8.87. The molecule has 1 fully saturated rings. The number of carbonyl (C=O) groups excluding carboxylic acids is 2. The molecule has 10 nitrogen and oxygen atoms in total. The minimum absolute atomic E-state index is 0.0314. The van der Waals surface area contributed by atoms with Gasteiger partial charge in [-0.2, -0.15) is 5.10 Å². The molecule has 0 saturated carbocycles. The minimum Gasteiger partial charge on any atom is -0.462 e. The van der Waals surface area contributed by atoms with Crippen molar-refractivity contribution in [3.05, 3.63) is 46.8 Å². The number of esters is 1. The first-order valence-electron chi connectivity index (χ1n) is 11.5. The number of nitrogens with two attached hydrogens (primary N) is 1.